The van der Waals surface area contributed by atoms with E-state index in [0.717, 1.165) is 24.4 Å². The summed E-state index contributed by atoms with van der Waals surface area (Å²) in [7, 11) is 0. The average molecular weight is 330 g/mol. The standard InChI is InChI=1S/C14H14N6O2S/c1-9-12(23-19-18-9)14(21)20-6-2-3-10(8-20)22-13-11(7-15)16-4-5-17-13/h4-5,10H,2-3,6,8H2,1H3. The summed E-state index contributed by atoms with van der Waals surface area (Å²) in [5, 5.41) is 12.9. The summed E-state index contributed by atoms with van der Waals surface area (Å²) in [5.41, 5.74) is 0.794. The van der Waals surface area contributed by atoms with Gasteiger partial charge in [-0.2, -0.15) is 5.26 Å². The van der Waals surface area contributed by atoms with Crippen molar-refractivity contribution < 1.29 is 9.53 Å². The minimum Gasteiger partial charge on any atom is -0.470 e. The molecule has 2 aromatic rings. The van der Waals surface area contributed by atoms with E-state index >= 15 is 0 Å². The fourth-order valence-corrected chi connectivity index (χ4v) is 3.06. The van der Waals surface area contributed by atoms with E-state index in [0.29, 0.717) is 23.7 Å². The second-order valence-corrected chi connectivity index (χ2v) is 5.90. The van der Waals surface area contributed by atoms with Gasteiger partial charge in [-0.1, -0.05) is 4.49 Å². The van der Waals surface area contributed by atoms with Crippen LogP contribution in [0.2, 0.25) is 0 Å². The highest BCUT2D eigenvalue weighted by Gasteiger charge is 2.28. The van der Waals surface area contributed by atoms with E-state index in [9.17, 15) is 4.79 Å². The lowest BCUT2D eigenvalue weighted by atomic mass is 10.1. The first-order valence-corrected chi connectivity index (χ1v) is 7.92. The molecule has 0 bridgehead atoms. The van der Waals surface area contributed by atoms with E-state index in [-0.39, 0.29) is 23.6 Å². The lowest BCUT2D eigenvalue weighted by Gasteiger charge is -2.32. The Labute approximate surface area is 136 Å². The summed E-state index contributed by atoms with van der Waals surface area (Å²) in [6.07, 6.45) is 4.34. The maximum atomic E-state index is 12.5. The molecule has 1 amide bonds. The molecule has 1 fully saturated rings. The molecule has 9 heteroatoms. The largest absolute Gasteiger partial charge is 0.470 e. The highest BCUT2D eigenvalue weighted by molar-refractivity contribution is 7.07. The van der Waals surface area contributed by atoms with E-state index in [1.807, 2.05) is 6.07 Å². The third-order valence-corrected chi connectivity index (χ3v) is 4.38. The van der Waals surface area contributed by atoms with E-state index in [4.69, 9.17) is 10.00 Å². The minimum absolute atomic E-state index is 0.0783. The van der Waals surface area contributed by atoms with Crippen LogP contribution in [0, 0.1) is 18.3 Å². The monoisotopic (exact) mass is 330 g/mol. The van der Waals surface area contributed by atoms with E-state index in [1.165, 1.54) is 12.4 Å². The fraction of sp³-hybridized carbons (Fsp3) is 0.429. The zero-order chi connectivity index (χ0) is 16.2. The maximum absolute atomic E-state index is 12.5. The summed E-state index contributed by atoms with van der Waals surface area (Å²) in [5.74, 6) is 0.135. The maximum Gasteiger partial charge on any atom is 0.267 e. The molecule has 0 spiro atoms. The van der Waals surface area contributed by atoms with Crippen molar-refractivity contribution in [2.24, 2.45) is 0 Å². The molecule has 1 aliphatic heterocycles. The SMILES string of the molecule is Cc1nnsc1C(=O)N1CCCC(Oc2nccnc2C#N)C1. The van der Waals surface area contributed by atoms with Crippen molar-refractivity contribution in [3.8, 4) is 11.9 Å². The van der Waals surface area contributed by atoms with E-state index < -0.39 is 0 Å². The van der Waals surface area contributed by atoms with Crippen molar-refractivity contribution in [2.45, 2.75) is 25.9 Å². The van der Waals surface area contributed by atoms with Crippen LogP contribution in [0.3, 0.4) is 0 Å². The third kappa shape index (κ3) is 3.27. The highest BCUT2D eigenvalue weighted by Crippen LogP contribution is 2.21. The number of hydrogen-bond donors (Lipinski definition) is 0. The van der Waals surface area contributed by atoms with Gasteiger partial charge in [0.15, 0.2) is 0 Å². The van der Waals surface area contributed by atoms with Gasteiger partial charge in [-0.05, 0) is 31.3 Å². The Morgan fingerprint density at radius 1 is 1.48 bits per heavy atom. The summed E-state index contributed by atoms with van der Waals surface area (Å²) in [6.45, 7) is 2.88. The first-order valence-electron chi connectivity index (χ1n) is 7.15. The molecule has 3 heterocycles. The number of likely N-dealkylation sites (tertiary alicyclic amines) is 1. The number of nitriles is 1. The van der Waals surface area contributed by atoms with Crippen molar-refractivity contribution >= 4 is 17.4 Å². The number of amides is 1. The molecule has 1 saturated heterocycles. The number of hydrogen-bond acceptors (Lipinski definition) is 8. The van der Waals surface area contributed by atoms with Gasteiger partial charge in [0, 0.05) is 18.9 Å². The van der Waals surface area contributed by atoms with Gasteiger partial charge in [0.1, 0.15) is 17.1 Å². The zero-order valence-electron chi connectivity index (χ0n) is 12.5. The minimum atomic E-state index is -0.210. The molecule has 3 rings (SSSR count). The zero-order valence-corrected chi connectivity index (χ0v) is 13.3. The fourth-order valence-electron chi connectivity index (χ4n) is 2.44. The van der Waals surface area contributed by atoms with Gasteiger partial charge >= 0.3 is 0 Å². The molecule has 118 valence electrons. The predicted molar refractivity (Wildman–Crippen MR) is 80.9 cm³/mol. The molecule has 0 saturated carbocycles. The van der Waals surface area contributed by atoms with Gasteiger partial charge in [-0.15, -0.1) is 5.10 Å². The first-order chi connectivity index (χ1) is 11.2. The molecule has 0 radical (unpaired) electrons. The lowest BCUT2D eigenvalue weighted by Crippen LogP contribution is -2.44. The van der Waals surface area contributed by atoms with Gasteiger partial charge in [0.05, 0.1) is 12.2 Å². The van der Waals surface area contributed by atoms with Crippen LogP contribution in [0.5, 0.6) is 5.88 Å². The number of carbonyl (C=O) groups excluding carboxylic acids is 1. The van der Waals surface area contributed by atoms with Crippen LogP contribution in [0.15, 0.2) is 12.4 Å². The summed E-state index contributed by atoms with van der Waals surface area (Å²) < 4.78 is 9.59. The van der Waals surface area contributed by atoms with Crippen molar-refractivity contribution in [1.82, 2.24) is 24.5 Å². The van der Waals surface area contributed by atoms with Gasteiger partial charge in [0.25, 0.3) is 11.8 Å². The first kappa shape index (κ1) is 15.3. The summed E-state index contributed by atoms with van der Waals surface area (Å²) in [6, 6.07) is 1.95. The second kappa shape index (κ2) is 6.66. The van der Waals surface area contributed by atoms with E-state index in [1.54, 1.807) is 11.8 Å². The molecule has 2 aromatic heterocycles. The molecular weight excluding hydrogens is 316 g/mol. The quantitative estimate of drug-likeness (QED) is 0.832. The van der Waals surface area contributed by atoms with Crippen molar-refractivity contribution in [2.75, 3.05) is 13.1 Å². The Hall–Kier alpha value is -2.60. The van der Waals surface area contributed by atoms with Crippen LogP contribution in [0.4, 0.5) is 0 Å². The number of nitrogens with zero attached hydrogens (tertiary/aromatic N) is 6. The van der Waals surface area contributed by atoms with Gasteiger partial charge in [-0.3, -0.25) is 4.79 Å². The van der Waals surface area contributed by atoms with Gasteiger partial charge in [-0.25, -0.2) is 9.97 Å². The molecule has 1 unspecified atom stereocenters. The molecule has 1 aliphatic rings. The van der Waals surface area contributed by atoms with E-state index in [2.05, 4.69) is 19.6 Å². The van der Waals surface area contributed by atoms with Crippen LogP contribution < -0.4 is 4.74 Å². The number of aromatic nitrogens is 4. The van der Waals surface area contributed by atoms with Crippen LogP contribution >= 0.6 is 11.5 Å². The summed E-state index contributed by atoms with van der Waals surface area (Å²) in [4.78, 5) is 22.8. The van der Waals surface area contributed by atoms with Crippen LogP contribution in [-0.4, -0.2) is 49.6 Å². The van der Waals surface area contributed by atoms with Crippen LogP contribution in [-0.2, 0) is 0 Å². The average Bonchev–Trinajstić information content (AvgIpc) is 3.01. The number of aryl methyl sites for hydroxylation is 1. The van der Waals surface area contributed by atoms with Gasteiger partial charge in [0.2, 0.25) is 5.69 Å². The second-order valence-electron chi connectivity index (χ2n) is 5.14. The number of piperidine rings is 1. The van der Waals surface area contributed by atoms with Crippen molar-refractivity contribution in [1.29, 1.82) is 5.26 Å². The molecule has 1 atom stereocenters. The Morgan fingerprint density at radius 3 is 3.04 bits per heavy atom. The molecule has 0 N–H and O–H groups in total. The van der Waals surface area contributed by atoms with Crippen molar-refractivity contribution in [3.63, 3.8) is 0 Å². The Bertz CT molecular complexity index is 756. The molecular formula is C14H14N6O2S. The number of ether oxygens (including phenoxy) is 1. The Balaban J connectivity index is 1.70. The lowest BCUT2D eigenvalue weighted by molar-refractivity contribution is 0.0529. The Morgan fingerprint density at radius 2 is 2.30 bits per heavy atom. The Kier molecular flexibility index (Phi) is 4.43. The topological polar surface area (TPSA) is 105 Å². The predicted octanol–water partition coefficient (Wildman–Crippen LogP) is 1.19. The smallest absolute Gasteiger partial charge is 0.267 e. The number of carbonyl (C=O) groups is 1. The normalized spacial score (nSPS) is 17.6. The highest BCUT2D eigenvalue weighted by atomic mass is 32.1. The molecule has 0 aliphatic carbocycles. The van der Waals surface area contributed by atoms with Crippen LogP contribution in [0.25, 0.3) is 0 Å². The van der Waals surface area contributed by atoms with Gasteiger partial charge < -0.3 is 9.64 Å². The molecule has 8 nitrogen and oxygen atoms in total. The third-order valence-electron chi connectivity index (χ3n) is 3.56. The number of rotatable bonds is 3. The molecule has 23 heavy (non-hydrogen) atoms. The van der Waals surface area contributed by atoms with Crippen LogP contribution in [0.1, 0.15) is 33.9 Å². The molecule has 0 aromatic carbocycles. The van der Waals surface area contributed by atoms with Crippen molar-refractivity contribution in [3.05, 3.63) is 28.7 Å². The summed E-state index contributed by atoms with van der Waals surface area (Å²) >= 11 is 1.10.